The second kappa shape index (κ2) is 3.00. The molecule has 0 saturated heterocycles. The highest BCUT2D eigenvalue weighted by molar-refractivity contribution is 5.38. The van der Waals surface area contributed by atoms with Gasteiger partial charge < -0.3 is 10.8 Å². The average Bonchev–Trinajstić information content (AvgIpc) is 2.02. The Labute approximate surface area is 76.2 Å². The molecule has 3 N–H and O–H groups in total. The zero-order chi connectivity index (χ0) is 9.42. The van der Waals surface area contributed by atoms with E-state index in [0.717, 1.165) is 23.6 Å². The largest absolute Gasteiger partial charge is 0.508 e. The number of halogens is 1. The Kier molecular flexibility index (Phi) is 1.96. The van der Waals surface area contributed by atoms with Crippen LogP contribution in [0.25, 0.3) is 0 Å². The maximum absolute atomic E-state index is 13.3. The van der Waals surface area contributed by atoms with Crippen molar-refractivity contribution in [3.8, 4) is 5.75 Å². The fourth-order valence-electron chi connectivity index (χ4n) is 1.85. The Morgan fingerprint density at radius 2 is 2.23 bits per heavy atom. The van der Waals surface area contributed by atoms with Gasteiger partial charge in [0.2, 0.25) is 0 Å². The molecule has 3 heteroatoms. The van der Waals surface area contributed by atoms with Crippen LogP contribution in [0.15, 0.2) is 12.1 Å². The lowest BCUT2D eigenvalue weighted by Crippen LogP contribution is -2.28. The van der Waals surface area contributed by atoms with Crippen molar-refractivity contribution < 1.29 is 9.50 Å². The number of rotatable bonds is 0. The van der Waals surface area contributed by atoms with Crippen molar-refractivity contribution in [3.05, 3.63) is 29.1 Å². The maximum Gasteiger partial charge on any atom is 0.130 e. The fourth-order valence-corrected chi connectivity index (χ4v) is 1.85. The summed E-state index contributed by atoms with van der Waals surface area (Å²) in [5.41, 5.74) is 7.33. The molecular weight excluding hydrogens is 169 g/mol. The molecule has 0 aromatic heterocycles. The Morgan fingerprint density at radius 3 is 3.00 bits per heavy atom. The zero-order valence-corrected chi connectivity index (χ0v) is 7.26. The van der Waals surface area contributed by atoms with Crippen molar-refractivity contribution in [2.24, 2.45) is 5.73 Å². The first kappa shape index (κ1) is 8.51. The van der Waals surface area contributed by atoms with Gasteiger partial charge in [0.15, 0.2) is 0 Å². The first-order valence-corrected chi connectivity index (χ1v) is 4.42. The highest BCUT2D eigenvalue weighted by atomic mass is 19.1. The standard InChI is InChI=1S/C10H12FNO/c11-10-5-8(13)4-6-3-7(12)1-2-9(6)10/h4-5,7,13H,1-3,12H2. The molecule has 0 amide bonds. The molecule has 0 radical (unpaired) electrons. The van der Waals surface area contributed by atoms with E-state index in [4.69, 9.17) is 5.73 Å². The van der Waals surface area contributed by atoms with E-state index in [9.17, 15) is 9.50 Å². The topological polar surface area (TPSA) is 46.2 Å². The van der Waals surface area contributed by atoms with Gasteiger partial charge in [0.1, 0.15) is 11.6 Å². The SMILES string of the molecule is NC1CCc2c(F)cc(O)cc2C1. The minimum atomic E-state index is -0.304. The molecule has 1 aromatic rings. The van der Waals surface area contributed by atoms with Crippen molar-refractivity contribution >= 4 is 0 Å². The number of benzene rings is 1. The predicted octanol–water partition coefficient (Wildman–Crippen LogP) is 1.35. The van der Waals surface area contributed by atoms with Crippen molar-refractivity contribution in [1.29, 1.82) is 0 Å². The molecule has 1 unspecified atom stereocenters. The first-order chi connectivity index (χ1) is 6.16. The van der Waals surface area contributed by atoms with Crippen molar-refractivity contribution in [3.63, 3.8) is 0 Å². The summed E-state index contributed by atoms with van der Waals surface area (Å²) < 4.78 is 13.3. The van der Waals surface area contributed by atoms with Crippen LogP contribution in [-0.4, -0.2) is 11.1 Å². The smallest absolute Gasteiger partial charge is 0.130 e. The summed E-state index contributed by atoms with van der Waals surface area (Å²) in [5.74, 6) is -0.313. The molecule has 0 aliphatic heterocycles. The highest BCUT2D eigenvalue weighted by Crippen LogP contribution is 2.27. The van der Waals surface area contributed by atoms with Crippen LogP contribution in [-0.2, 0) is 12.8 Å². The van der Waals surface area contributed by atoms with E-state index in [1.807, 2.05) is 0 Å². The van der Waals surface area contributed by atoms with Crippen LogP contribution in [0.3, 0.4) is 0 Å². The molecule has 2 rings (SSSR count). The van der Waals surface area contributed by atoms with Gasteiger partial charge in [0, 0.05) is 12.1 Å². The van der Waals surface area contributed by atoms with E-state index in [1.54, 1.807) is 6.07 Å². The third-order valence-electron chi connectivity index (χ3n) is 2.52. The summed E-state index contributed by atoms with van der Waals surface area (Å²) in [6.45, 7) is 0. The average molecular weight is 181 g/mol. The minimum absolute atomic E-state index is 0.00894. The zero-order valence-electron chi connectivity index (χ0n) is 7.26. The fraction of sp³-hybridized carbons (Fsp3) is 0.400. The number of phenolic OH excluding ortho intramolecular Hbond substituents is 1. The van der Waals surface area contributed by atoms with Crippen molar-refractivity contribution in [1.82, 2.24) is 0 Å². The summed E-state index contributed by atoms with van der Waals surface area (Å²) in [5, 5.41) is 9.17. The Balaban J connectivity index is 2.47. The van der Waals surface area contributed by atoms with Crippen LogP contribution in [0.4, 0.5) is 4.39 Å². The summed E-state index contributed by atoms with van der Waals surface area (Å²) >= 11 is 0. The molecule has 0 heterocycles. The van der Waals surface area contributed by atoms with Crippen LogP contribution in [0.1, 0.15) is 17.5 Å². The van der Waals surface area contributed by atoms with E-state index in [0.29, 0.717) is 12.8 Å². The van der Waals surface area contributed by atoms with E-state index in [2.05, 4.69) is 0 Å². The lowest BCUT2D eigenvalue weighted by atomic mass is 9.88. The van der Waals surface area contributed by atoms with Crippen LogP contribution in [0.2, 0.25) is 0 Å². The molecule has 0 bridgehead atoms. The van der Waals surface area contributed by atoms with Gasteiger partial charge in [0.25, 0.3) is 0 Å². The Hall–Kier alpha value is -1.09. The Bertz CT molecular complexity index is 338. The van der Waals surface area contributed by atoms with E-state index < -0.39 is 0 Å². The number of hydrogen-bond acceptors (Lipinski definition) is 2. The summed E-state index contributed by atoms with van der Waals surface area (Å²) in [4.78, 5) is 0. The number of hydrogen-bond donors (Lipinski definition) is 2. The van der Waals surface area contributed by atoms with Gasteiger partial charge in [0.05, 0.1) is 0 Å². The monoisotopic (exact) mass is 181 g/mol. The minimum Gasteiger partial charge on any atom is -0.508 e. The molecule has 1 aliphatic carbocycles. The van der Waals surface area contributed by atoms with E-state index >= 15 is 0 Å². The van der Waals surface area contributed by atoms with Gasteiger partial charge in [-0.15, -0.1) is 0 Å². The van der Waals surface area contributed by atoms with E-state index in [1.165, 1.54) is 0 Å². The second-order valence-corrected chi connectivity index (χ2v) is 3.57. The summed E-state index contributed by atoms with van der Waals surface area (Å²) in [7, 11) is 0. The van der Waals surface area contributed by atoms with Crippen LogP contribution < -0.4 is 5.73 Å². The molecule has 0 saturated carbocycles. The summed E-state index contributed by atoms with van der Waals surface area (Å²) in [6.07, 6.45) is 2.18. The van der Waals surface area contributed by atoms with Crippen LogP contribution in [0, 0.1) is 5.82 Å². The number of aromatic hydroxyl groups is 1. The molecule has 1 aliphatic rings. The van der Waals surface area contributed by atoms with Crippen LogP contribution >= 0.6 is 0 Å². The molecule has 0 fully saturated rings. The quantitative estimate of drug-likeness (QED) is 0.634. The molecule has 13 heavy (non-hydrogen) atoms. The van der Waals surface area contributed by atoms with E-state index in [-0.39, 0.29) is 17.6 Å². The molecular formula is C10H12FNO. The molecule has 1 aromatic carbocycles. The van der Waals surface area contributed by atoms with Gasteiger partial charge in [-0.05, 0) is 36.5 Å². The number of phenols is 1. The maximum atomic E-state index is 13.3. The third kappa shape index (κ3) is 1.52. The lowest BCUT2D eigenvalue weighted by molar-refractivity contribution is 0.461. The summed E-state index contributed by atoms with van der Waals surface area (Å²) in [6, 6.07) is 2.88. The van der Waals surface area contributed by atoms with Crippen LogP contribution in [0.5, 0.6) is 5.75 Å². The molecule has 70 valence electrons. The first-order valence-electron chi connectivity index (χ1n) is 4.42. The van der Waals surface area contributed by atoms with Crippen molar-refractivity contribution in [2.75, 3.05) is 0 Å². The molecule has 1 atom stereocenters. The van der Waals surface area contributed by atoms with Gasteiger partial charge in [-0.3, -0.25) is 0 Å². The number of nitrogens with two attached hydrogens (primary N) is 1. The highest BCUT2D eigenvalue weighted by Gasteiger charge is 2.19. The number of fused-ring (bicyclic) bond motifs is 1. The molecule has 0 spiro atoms. The normalized spacial score (nSPS) is 21.2. The second-order valence-electron chi connectivity index (χ2n) is 3.57. The lowest BCUT2D eigenvalue weighted by Gasteiger charge is -2.21. The van der Waals surface area contributed by atoms with Crippen molar-refractivity contribution in [2.45, 2.75) is 25.3 Å². The third-order valence-corrected chi connectivity index (χ3v) is 2.52. The Morgan fingerprint density at radius 1 is 1.46 bits per heavy atom. The van der Waals surface area contributed by atoms with Gasteiger partial charge in [-0.25, -0.2) is 4.39 Å². The predicted molar refractivity (Wildman–Crippen MR) is 48.1 cm³/mol. The van der Waals surface area contributed by atoms with Gasteiger partial charge in [-0.2, -0.15) is 0 Å². The van der Waals surface area contributed by atoms with Gasteiger partial charge in [-0.1, -0.05) is 0 Å². The van der Waals surface area contributed by atoms with Gasteiger partial charge >= 0.3 is 0 Å². The molecule has 2 nitrogen and oxygen atoms in total.